The molecule has 2 saturated heterocycles. The first-order chi connectivity index (χ1) is 16.9. The van der Waals surface area contributed by atoms with Crippen LogP contribution in [0.3, 0.4) is 0 Å². The fourth-order valence-electron chi connectivity index (χ4n) is 5.46. The summed E-state index contributed by atoms with van der Waals surface area (Å²) in [5, 5.41) is 4.54. The molecule has 10 heteroatoms. The minimum absolute atomic E-state index is 0.1000. The fourth-order valence-corrected chi connectivity index (χ4v) is 6.27. The number of aromatic nitrogens is 4. The van der Waals surface area contributed by atoms with Crippen LogP contribution < -0.4 is 10.3 Å². The second-order valence-corrected chi connectivity index (χ2v) is 13.5. The number of fused-ring (bicyclic) bond motifs is 4. The zero-order valence-corrected chi connectivity index (χ0v) is 22.9. The molecule has 1 aliphatic carbocycles. The number of hydrogen-bond donors (Lipinski definition) is 1. The number of aryl methyl sites for hydroxylation is 2. The maximum atomic E-state index is 13.6. The summed E-state index contributed by atoms with van der Waals surface area (Å²) in [4.78, 5) is 23.2. The quantitative estimate of drug-likeness (QED) is 0.552. The summed E-state index contributed by atoms with van der Waals surface area (Å²) >= 11 is 0. The summed E-state index contributed by atoms with van der Waals surface area (Å²) in [6.45, 7) is 12.0. The van der Waals surface area contributed by atoms with E-state index in [1.54, 1.807) is 11.6 Å². The van der Waals surface area contributed by atoms with Crippen molar-refractivity contribution in [2.24, 2.45) is 7.05 Å². The lowest BCUT2D eigenvalue weighted by atomic mass is 9.65. The van der Waals surface area contributed by atoms with E-state index in [9.17, 15) is 9.00 Å². The molecule has 0 amide bonds. The van der Waals surface area contributed by atoms with E-state index in [0.717, 1.165) is 24.0 Å². The molecule has 0 spiro atoms. The van der Waals surface area contributed by atoms with E-state index in [1.807, 2.05) is 53.7 Å². The molecule has 1 aromatic carbocycles. The topological polar surface area (TPSA) is 112 Å². The zero-order chi connectivity index (χ0) is 26.0. The predicted molar refractivity (Wildman–Crippen MR) is 138 cm³/mol. The number of benzene rings is 1. The fraction of sp³-hybridized carbons (Fsp3) is 0.615. The van der Waals surface area contributed by atoms with Gasteiger partial charge in [0.05, 0.1) is 38.7 Å². The Labute approximate surface area is 213 Å². The molecule has 2 bridgehead atoms. The molecule has 194 valence electrons. The van der Waals surface area contributed by atoms with Crippen molar-refractivity contribution in [2.75, 3.05) is 6.61 Å². The van der Waals surface area contributed by atoms with Crippen LogP contribution in [-0.2, 0) is 33.8 Å². The van der Waals surface area contributed by atoms with Gasteiger partial charge in [0.15, 0.2) is 5.82 Å². The van der Waals surface area contributed by atoms with Gasteiger partial charge in [-0.3, -0.25) is 9.36 Å². The highest BCUT2D eigenvalue weighted by molar-refractivity contribution is 7.84. The third-order valence-corrected chi connectivity index (χ3v) is 9.37. The van der Waals surface area contributed by atoms with E-state index < -0.39 is 21.3 Å². The number of rotatable bonds is 5. The summed E-state index contributed by atoms with van der Waals surface area (Å²) in [7, 11) is 0.509. The van der Waals surface area contributed by atoms with Gasteiger partial charge in [0.2, 0.25) is 5.89 Å². The van der Waals surface area contributed by atoms with Crippen LogP contribution in [0, 0.1) is 13.8 Å². The third kappa shape index (κ3) is 4.03. The summed E-state index contributed by atoms with van der Waals surface area (Å²) in [6.07, 6.45) is 3.07. The van der Waals surface area contributed by atoms with Gasteiger partial charge in [-0.25, -0.2) is 13.9 Å². The van der Waals surface area contributed by atoms with Crippen molar-refractivity contribution in [1.29, 1.82) is 0 Å². The van der Waals surface area contributed by atoms with Crippen molar-refractivity contribution in [3.05, 3.63) is 51.2 Å². The molecule has 3 fully saturated rings. The third-order valence-electron chi connectivity index (χ3n) is 7.69. The van der Waals surface area contributed by atoms with Gasteiger partial charge in [-0.05, 0) is 84.4 Å². The highest BCUT2D eigenvalue weighted by Crippen LogP contribution is 2.53. The summed E-state index contributed by atoms with van der Waals surface area (Å²) in [5.74, 6) is 1.90. The second kappa shape index (κ2) is 8.56. The maximum Gasteiger partial charge on any atom is 0.261 e. The molecule has 3 aromatic rings. The summed E-state index contributed by atoms with van der Waals surface area (Å²) < 4.78 is 29.3. The number of hydrogen-bond acceptors (Lipinski definition) is 7. The van der Waals surface area contributed by atoms with E-state index in [2.05, 4.69) is 14.9 Å². The SMILES string of the molecule is Cc1cc([C@@H](C)N[S@](=O)C(C)(C)C)c2nc(C34CCC(c5nc(C)no5)(CC3)CO4)n(C)c(=O)c2c1. The molecular formula is C26H35N5O4S. The number of nitrogens with one attached hydrogen (secondary N) is 1. The normalized spacial score (nSPS) is 25.9. The first-order valence-electron chi connectivity index (χ1n) is 12.5. The molecule has 36 heavy (non-hydrogen) atoms. The Morgan fingerprint density at radius 2 is 1.83 bits per heavy atom. The van der Waals surface area contributed by atoms with Crippen LogP contribution in [0.5, 0.6) is 0 Å². The van der Waals surface area contributed by atoms with Gasteiger partial charge in [-0.1, -0.05) is 11.2 Å². The van der Waals surface area contributed by atoms with Crippen LogP contribution in [0.4, 0.5) is 0 Å². The Bertz CT molecular complexity index is 1400. The van der Waals surface area contributed by atoms with Gasteiger partial charge < -0.3 is 9.26 Å². The monoisotopic (exact) mass is 513 g/mol. The van der Waals surface area contributed by atoms with Gasteiger partial charge in [0, 0.05) is 13.1 Å². The van der Waals surface area contributed by atoms with Gasteiger partial charge in [-0.15, -0.1) is 0 Å². The van der Waals surface area contributed by atoms with Crippen LogP contribution in [0.1, 0.15) is 88.1 Å². The summed E-state index contributed by atoms with van der Waals surface area (Å²) in [6, 6.07) is 3.65. The predicted octanol–water partition coefficient (Wildman–Crippen LogP) is 3.78. The van der Waals surface area contributed by atoms with Gasteiger partial charge >= 0.3 is 0 Å². The molecule has 2 aromatic heterocycles. The molecule has 0 radical (unpaired) electrons. The minimum Gasteiger partial charge on any atom is -0.366 e. The van der Waals surface area contributed by atoms with Crippen LogP contribution in [-0.4, -0.2) is 35.3 Å². The van der Waals surface area contributed by atoms with Crippen molar-refractivity contribution in [1.82, 2.24) is 24.4 Å². The zero-order valence-electron chi connectivity index (χ0n) is 22.1. The van der Waals surface area contributed by atoms with Gasteiger partial charge in [0.1, 0.15) is 11.4 Å². The first-order valence-corrected chi connectivity index (χ1v) is 13.6. The highest BCUT2D eigenvalue weighted by Gasteiger charge is 2.55. The maximum absolute atomic E-state index is 13.6. The Morgan fingerprint density at radius 1 is 1.14 bits per heavy atom. The van der Waals surface area contributed by atoms with Crippen molar-refractivity contribution >= 4 is 21.9 Å². The average Bonchev–Trinajstić information content (AvgIpc) is 3.28. The minimum atomic E-state index is -1.27. The van der Waals surface area contributed by atoms with Crippen LogP contribution in [0.2, 0.25) is 0 Å². The van der Waals surface area contributed by atoms with Crippen molar-refractivity contribution in [3.63, 3.8) is 0 Å². The first kappa shape index (κ1) is 25.2. The molecule has 2 aliphatic heterocycles. The second-order valence-electron chi connectivity index (χ2n) is 11.5. The van der Waals surface area contributed by atoms with E-state index in [-0.39, 0.29) is 17.0 Å². The highest BCUT2D eigenvalue weighted by atomic mass is 32.2. The van der Waals surface area contributed by atoms with Crippen LogP contribution in [0.25, 0.3) is 10.9 Å². The molecule has 6 rings (SSSR count). The van der Waals surface area contributed by atoms with E-state index in [1.165, 1.54) is 0 Å². The lowest BCUT2D eigenvalue weighted by molar-refractivity contribution is -0.174. The molecule has 9 nitrogen and oxygen atoms in total. The summed E-state index contributed by atoms with van der Waals surface area (Å²) in [5.41, 5.74) is 1.43. The van der Waals surface area contributed by atoms with Crippen LogP contribution in [0.15, 0.2) is 21.5 Å². The molecular weight excluding hydrogens is 478 g/mol. The van der Waals surface area contributed by atoms with E-state index >= 15 is 0 Å². The molecule has 2 atom stereocenters. The molecule has 1 N–H and O–H groups in total. The lowest BCUT2D eigenvalue weighted by Gasteiger charge is -2.51. The number of ether oxygens (including phenoxy) is 1. The van der Waals surface area contributed by atoms with Crippen molar-refractivity contribution < 1.29 is 13.5 Å². The molecule has 1 saturated carbocycles. The largest absolute Gasteiger partial charge is 0.366 e. The van der Waals surface area contributed by atoms with E-state index in [0.29, 0.717) is 47.9 Å². The Hall–Kier alpha value is -2.43. The van der Waals surface area contributed by atoms with Gasteiger partial charge in [-0.2, -0.15) is 4.98 Å². The van der Waals surface area contributed by atoms with Crippen LogP contribution >= 0.6 is 0 Å². The standard InChI is InChI=1S/C26H35N5O4S/c1-15-12-18(16(2)30-36(33)24(4,5)6)20-19(13-15)21(32)31(7)22(28-20)26-10-8-25(9-11-26,14-34-26)23-27-17(3)29-35-23/h12-13,16,30H,8-11,14H2,1-7H3/t16-,25?,26?,36-/m1/s1. The molecule has 4 heterocycles. The lowest BCUT2D eigenvalue weighted by Crippen LogP contribution is -2.53. The van der Waals surface area contributed by atoms with Crippen molar-refractivity contribution in [2.45, 2.75) is 89.0 Å². The van der Waals surface area contributed by atoms with Gasteiger partial charge in [0.25, 0.3) is 5.56 Å². The average molecular weight is 514 g/mol. The van der Waals surface area contributed by atoms with E-state index in [4.69, 9.17) is 14.2 Å². The smallest absolute Gasteiger partial charge is 0.261 e. The van der Waals surface area contributed by atoms with Crippen molar-refractivity contribution in [3.8, 4) is 0 Å². The Kier molecular flexibility index (Phi) is 6.00. The Balaban J connectivity index is 1.56. The number of nitrogens with zero attached hydrogens (tertiary/aromatic N) is 4. The Morgan fingerprint density at radius 3 is 2.39 bits per heavy atom. The molecule has 0 unspecified atom stereocenters. The molecule has 3 aliphatic rings.